The average Bonchev–Trinajstić information content (AvgIpc) is 2.46. The maximum absolute atomic E-state index is 11.8. The first-order chi connectivity index (χ1) is 10.5. The summed E-state index contributed by atoms with van der Waals surface area (Å²) in [5.41, 5.74) is 2.00. The Labute approximate surface area is 123 Å². The van der Waals surface area contributed by atoms with E-state index in [1.165, 1.54) is 24.3 Å². The van der Waals surface area contributed by atoms with Crippen LogP contribution in [0.2, 0.25) is 0 Å². The number of nitro benzene ring substituents is 1. The SMILES string of the molecule is Cc1cc(C(=O)N/N=C/c2ccccc2[N+](=O)[O-])nc(=O)[nH]1. The lowest BCUT2D eigenvalue weighted by Crippen LogP contribution is -2.24. The summed E-state index contributed by atoms with van der Waals surface area (Å²) in [5, 5.41) is 14.5. The van der Waals surface area contributed by atoms with Gasteiger partial charge in [0.25, 0.3) is 11.6 Å². The lowest BCUT2D eigenvalue weighted by molar-refractivity contribution is -0.385. The molecule has 2 N–H and O–H groups in total. The van der Waals surface area contributed by atoms with Crippen molar-refractivity contribution in [3.63, 3.8) is 0 Å². The first-order valence-electron chi connectivity index (χ1n) is 6.12. The highest BCUT2D eigenvalue weighted by atomic mass is 16.6. The van der Waals surface area contributed by atoms with E-state index in [1.54, 1.807) is 13.0 Å². The van der Waals surface area contributed by atoms with Gasteiger partial charge in [0.1, 0.15) is 5.69 Å². The fourth-order valence-corrected chi connectivity index (χ4v) is 1.68. The number of hydrogen-bond donors (Lipinski definition) is 2. The molecular formula is C13H11N5O4. The molecule has 0 atom stereocenters. The summed E-state index contributed by atoms with van der Waals surface area (Å²) < 4.78 is 0. The van der Waals surface area contributed by atoms with Crippen LogP contribution in [0.3, 0.4) is 0 Å². The first kappa shape index (κ1) is 15.0. The van der Waals surface area contributed by atoms with Crippen molar-refractivity contribution in [3.05, 3.63) is 67.9 Å². The van der Waals surface area contributed by atoms with Crippen molar-refractivity contribution < 1.29 is 9.72 Å². The Morgan fingerprint density at radius 2 is 2.18 bits per heavy atom. The number of nitro groups is 1. The Balaban J connectivity index is 2.14. The van der Waals surface area contributed by atoms with Gasteiger partial charge in [-0.25, -0.2) is 10.2 Å². The van der Waals surface area contributed by atoms with E-state index in [2.05, 4.69) is 20.5 Å². The van der Waals surface area contributed by atoms with Gasteiger partial charge in [-0.2, -0.15) is 10.1 Å². The summed E-state index contributed by atoms with van der Waals surface area (Å²) in [4.78, 5) is 39.1. The molecule has 1 aromatic heterocycles. The molecule has 0 bridgehead atoms. The molecule has 1 heterocycles. The molecule has 0 saturated heterocycles. The second-order valence-corrected chi connectivity index (χ2v) is 4.27. The molecule has 112 valence electrons. The molecule has 0 radical (unpaired) electrons. The fourth-order valence-electron chi connectivity index (χ4n) is 1.68. The van der Waals surface area contributed by atoms with E-state index in [9.17, 15) is 19.7 Å². The number of hydrazone groups is 1. The standard InChI is InChI=1S/C13H11N5O4/c1-8-6-10(16-13(20)15-8)12(19)17-14-7-9-4-2-3-5-11(9)18(21)22/h2-7H,1H3,(H,17,19)(H,15,16,20)/b14-7+. The maximum atomic E-state index is 11.8. The smallest absolute Gasteiger partial charge is 0.310 e. The van der Waals surface area contributed by atoms with Crippen LogP contribution in [-0.4, -0.2) is 27.0 Å². The highest BCUT2D eigenvalue weighted by molar-refractivity contribution is 5.93. The number of para-hydroxylation sites is 1. The van der Waals surface area contributed by atoms with Gasteiger partial charge in [-0.1, -0.05) is 12.1 Å². The zero-order valence-corrected chi connectivity index (χ0v) is 11.4. The minimum absolute atomic E-state index is 0.0963. The summed E-state index contributed by atoms with van der Waals surface area (Å²) in [6, 6.07) is 7.33. The number of nitrogens with zero attached hydrogens (tertiary/aromatic N) is 3. The third-order valence-corrected chi connectivity index (χ3v) is 2.62. The van der Waals surface area contributed by atoms with Crippen molar-refractivity contribution in [1.29, 1.82) is 0 Å². The van der Waals surface area contributed by atoms with Crippen molar-refractivity contribution in [1.82, 2.24) is 15.4 Å². The van der Waals surface area contributed by atoms with Crippen LogP contribution in [0.25, 0.3) is 0 Å². The van der Waals surface area contributed by atoms with Crippen LogP contribution in [0, 0.1) is 17.0 Å². The van der Waals surface area contributed by atoms with Crippen molar-refractivity contribution in [2.24, 2.45) is 5.10 Å². The first-order valence-corrected chi connectivity index (χ1v) is 6.12. The quantitative estimate of drug-likeness (QED) is 0.489. The lowest BCUT2D eigenvalue weighted by Gasteiger charge is -2.00. The van der Waals surface area contributed by atoms with Crippen molar-refractivity contribution >= 4 is 17.8 Å². The average molecular weight is 301 g/mol. The van der Waals surface area contributed by atoms with Crippen LogP contribution in [0.5, 0.6) is 0 Å². The van der Waals surface area contributed by atoms with Crippen LogP contribution in [0.15, 0.2) is 40.2 Å². The van der Waals surface area contributed by atoms with Crippen molar-refractivity contribution in [2.75, 3.05) is 0 Å². The van der Waals surface area contributed by atoms with E-state index in [0.29, 0.717) is 5.69 Å². The summed E-state index contributed by atoms with van der Waals surface area (Å²) in [7, 11) is 0. The number of carbonyl (C=O) groups excluding carboxylic acids is 1. The minimum Gasteiger partial charge on any atom is -0.310 e. The van der Waals surface area contributed by atoms with Gasteiger partial charge >= 0.3 is 5.69 Å². The van der Waals surface area contributed by atoms with Crippen LogP contribution in [-0.2, 0) is 0 Å². The molecule has 2 aromatic rings. The molecule has 0 spiro atoms. The van der Waals surface area contributed by atoms with Crippen LogP contribution < -0.4 is 11.1 Å². The van der Waals surface area contributed by atoms with E-state index in [0.717, 1.165) is 6.21 Å². The van der Waals surface area contributed by atoms with Crippen molar-refractivity contribution in [2.45, 2.75) is 6.92 Å². The number of aromatic amines is 1. The van der Waals surface area contributed by atoms with Gasteiger partial charge in [0.2, 0.25) is 0 Å². The van der Waals surface area contributed by atoms with Gasteiger partial charge < -0.3 is 4.98 Å². The monoisotopic (exact) mass is 301 g/mol. The van der Waals surface area contributed by atoms with E-state index >= 15 is 0 Å². The number of H-pyrrole nitrogens is 1. The van der Waals surface area contributed by atoms with Gasteiger partial charge in [0.15, 0.2) is 0 Å². The fraction of sp³-hybridized carbons (Fsp3) is 0.0769. The molecule has 1 aromatic carbocycles. The van der Waals surface area contributed by atoms with Gasteiger partial charge in [0.05, 0.1) is 16.7 Å². The minimum atomic E-state index is -0.691. The zero-order valence-electron chi connectivity index (χ0n) is 11.4. The summed E-state index contributed by atoms with van der Waals surface area (Å²) in [6.45, 7) is 1.61. The van der Waals surface area contributed by atoms with Crippen molar-refractivity contribution in [3.8, 4) is 0 Å². The number of rotatable bonds is 4. The number of nitrogens with one attached hydrogen (secondary N) is 2. The molecule has 22 heavy (non-hydrogen) atoms. The summed E-state index contributed by atoms with van der Waals surface area (Å²) in [5.74, 6) is -0.691. The number of carbonyl (C=O) groups is 1. The number of aromatic nitrogens is 2. The van der Waals surface area contributed by atoms with E-state index < -0.39 is 16.5 Å². The predicted molar refractivity (Wildman–Crippen MR) is 77.8 cm³/mol. The Hall–Kier alpha value is -3.36. The summed E-state index contributed by atoms with van der Waals surface area (Å²) in [6.07, 6.45) is 1.15. The lowest BCUT2D eigenvalue weighted by atomic mass is 10.2. The maximum Gasteiger partial charge on any atom is 0.345 e. The number of aryl methyl sites for hydroxylation is 1. The molecule has 0 aliphatic carbocycles. The number of benzene rings is 1. The van der Waals surface area contributed by atoms with Crippen LogP contribution >= 0.6 is 0 Å². The second kappa shape index (κ2) is 6.39. The molecule has 2 rings (SSSR count). The van der Waals surface area contributed by atoms with Gasteiger partial charge in [-0.3, -0.25) is 14.9 Å². The topological polar surface area (TPSA) is 130 Å². The molecule has 1 amide bonds. The van der Waals surface area contributed by atoms with Crippen LogP contribution in [0.4, 0.5) is 5.69 Å². The third-order valence-electron chi connectivity index (χ3n) is 2.62. The normalized spacial score (nSPS) is 10.6. The number of hydrogen-bond acceptors (Lipinski definition) is 6. The number of amides is 1. The zero-order chi connectivity index (χ0) is 16.1. The third kappa shape index (κ3) is 3.60. The molecule has 9 heteroatoms. The highest BCUT2D eigenvalue weighted by Crippen LogP contribution is 2.14. The summed E-state index contributed by atoms with van der Waals surface area (Å²) >= 11 is 0. The Morgan fingerprint density at radius 1 is 1.45 bits per heavy atom. The Morgan fingerprint density at radius 3 is 2.86 bits per heavy atom. The largest absolute Gasteiger partial charge is 0.345 e. The molecule has 0 fully saturated rings. The Kier molecular flexibility index (Phi) is 4.37. The van der Waals surface area contributed by atoms with Gasteiger partial charge in [-0.15, -0.1) is 0 Å². The Bertz CT molecular complexity index is 812. The molecule has 9 nitrogen and oxygen atoms in total. The highest BCUT2D eigenvalue weighted by Gasteiger charge is 2.11. The molecule has 0 saturated carbocycles. The van der Waals surface area contributed by atoms with Gasteiger partial charge in [-0.05, 0) is 19.1 Å². The molecule has 0 aliphatic rings. The van der Waals surface area contributed by atoms with Gasteiger partial charge in [0, 0.05) is 11.8 Å². The van der Waals surface area contributed by atoms with Crippen LogP contribution in [0.1, 0.15) is 21.7 Å². The molecular weight excluding hydrogens is 290 g/mol. The molecule has 0 aliphatic heterocycles. The van der Waals surface area contributed by atoms with E-state index in [4.69, 9.17) is 0 Å². The second-order valence-electron chi connectivity index (χ2n) is 4.27. The predicted octanol–water partition coefficient (Wildman–Crippen LogP) is 0.750. The van der Waals surface area contributed by atoms with E-state index in [1.807, 2.05) is 0 Å². The molecule has 0 unspecified atom stereocenters. The van der Waals surface area contributed by atoms with E-state index in [-0.39, 0.29) is 16.9 Å².